The normalized spacial score (nSPS) is 12.7. The Morgan fingerprint density at radius 3 is 2.18 bits per heavy atom. The number of aromatic nitrogens is 3. The Balaban J connectivity index is 1.52. The second-order valence-corrected chi connectivity index (χ2v) is 11.1. The number of hydrogen-bond acceptors (Lipinski definition) is 5. The fourth-order valence-corrected chi connectivity index (χ4v) is 6.04. The molecule has 3 aromatic heterocycles. The topological polar surface area (TPSA) is 87.7 Å². The van der Waals surface area contributed by atoms with Crippen molar-refractivity contribution >= 4 is 38.0 Å². The van der Waals surface area contributed by atoms with Gasteiger partial charge in [0, 0.05) is 22.8 Å². The van der Waals surface area contributed by atoms with Crippen LogP contribution in [0.2, 0.25) is 0 Å². The van der Waals surface area contributed by atoms with Gasteiger partial charge in [-0.25, -0.2) is 8.42 Å². The number of rotatable bonds is 5. The van der Waals surface area contributed by atoms with E-state index in [-0.39, 0.29) is 32.6 Å². The molecule has 0 radical (unpaired) electrons. The molecule has 5 rings (SSSR count). The Kier molecular flexibility index (Phi) is 6.18. The molecule has 14 heteroatoms. The molecular formula is C24H14F6N4O2S2. The fourth-order valence-electron chi connectivity index (χ4n) is 3.71. The lowest BCUT2D eigenvalue weighted by Gasteiger charge is -2.13. The van der Waals surface area contributed by atoms with Crippen LogP contribution < -0.4 is 4.72 Å². The summed E-state index contributed by atoms with van der Waals surface area (Å²) in [6.45, 7) is 0. The molecule has 0 aliphatic rings. The molecule has 0 unspecified atom stereocenters. The SMILES string of the molecule is O=S(=O)(Nc1ccc2[nH]nc(-c3cc(C(F)(F)F)cc(C(F)(F)F)c3)c2c1)c1ccc(-c2ccccn2)s1. The molecule has 0 saturated heterocycles. The van der Waals surface area contributed by atoms with Crippen LogP contribution >= 0.6 is 11.3 Å². The molecule has 6 nitrogen and oxygen atoms in total. The van der Waals surface area contributed by atoms with E-state index < -0.39 is 39.1 Å². The van der Waals surface area contributed by atoms with Gasteiger partial charge in [-0.2, -0.15) is 31.4 Å². The monoisotopic (exact) mass is 568 g/mol. The summed E-state index contributed by atoms with van der Waals surface area (Å²) in [7, 11) is -4.07. The van der Waals surface area contributed by atoms with Crippen LogP contribution in [-0.2, 0) is 22.4 Å². The summed E-state index contributed by atoms with van der Waals surface area (Å²) in [5.74, 6) is 0. The van der Waals surface area contributed by atoms with Crippen LogP contribution in [0.15, 0.2) is 77.1 Å². The van der Waals surface area contributed by atoms with E-state index >= 15 is 0 Å². The summed E-state index contributed by atoms with van der Waals surface area (Å²) >= 11 is 0.981. The molecule has 0 fully saturated rings. The number of nitrogens with one attached hydrogen (secondary N) is 2. The molecule has 0 bridgehead atoms. The number of sulfonamides is 1. The number of alkyl halides is 6. The summed E-state index contributed by atoms with van der Waals surface area (Å²) in [5, 5.41) is 6.58. The molecule has 2 N–H and O–H groups in total. The minimum absolute atomic E-state index is 0.0154. The zero-order valence-electron chi connectivity index (χ0n) is 18.7. The number of H-pyrrole nitrogens is 1. The lowest BCUT2D eigenvalue weighted by Crippen LogP contribution is -2.11. The van der Waals surface area contributed by atoms with E-state index in [1.807, 2.05) is 0 Å². The first-order chi connectivity index (χ1) is 17.8. The highest BCUT2D eigenvalue weighted by Crippen LogP contribution is 2.40. The summed E-state index contributed by atoms with van der Waals surface area (Å²) in [6, 6.07) is 13.4. The predicted octanol–water partition coefficient (Wildman–Crippen LogP) is 7.19. The minimum Gasteiger partial charge on any atom is -0.279 e. The number of hydrogen-bond donors (Lipinski definition) is 2. The molecule has 0 atom stereocenters. The first-order valence-corrected chi connectivity index (χ1v) is 12.9. The van der Waals surface area contributed by atoms with Crippen LogP contribution in [0.1, 0.15) is 11.1 Å². The van der Waals surface area contributed by atoms with Crippen molar-refractivity contribution in [2.45, 2.75) is 16.6 Å². The molecule has 5 aromatic rings. The van der Waals surface area contributed by atoms with Gasteiger partial charge in [-0.05, 0) is 60.7 Å². The van der Waals surface area contributed by atoms with E-state index in [0.29, 0.717) is 22.7 Å². The zero-order valence-corrected chi connectivity index (χ0v) is 20.4. The maximum Gasteiger partial charge on any atom is 0.416 e. The number of pyridine rings is 1. The number of benzene rings is 2. The van der Waals surface area contributed by atoms with Crippen molar-refractivity contribution in [2.75, 3.05) is 4.72 Å². The van der Waals surface area contributed by atoms with Crippen molar-refractivity contribution in [3.63, 3.8) is 0 Å². The van der Waals surface area contributed by atoms with Gasteiger partial charge in [0.2, 0.25) is 0 Å². The number of aromatic amines is 1. The van der Waals surface area contributed by atoms with Crippen LogP contribution in [0.25, 0.3) is 32.7 Å². The second-order valence-electron chi connectivity index (χ2n) is 8.07. The van der Waals surface area contributed by atoms with Gasteiger partial charge in [-0.3, -0.25) is 14.8 Å². The lowest BCUT2D eigenvalue weighted by atomic mass is 10.0. The molecule has 196 valence electrons. The second kappa shape index (κ2) is 9.13. The molecule has 0 saturated carbocycles. The molecule has 3 heterocycles. The number of anilines is 1. The van der Waals surface area contributed by atoms with E-state index in [2.05, 4.69) is 19.9 Å². The third-order valence-electron chi connectivity index (χ3n) is 5.44. The standard InChI is InChI=1S/C24H14F6N4O2S2/c25-23(26,27)14-9-13(10-15(11-14)24(28,29)30)22-17-12-16(4-5-18(17)32-33-22)34-38(35,36)21-7-6-20(37-21)19-3-1-2-8-31-19/h1-12,34H,(H,32,33). The quantitative estimate of drug-likeness (QED) is 0.220. The third-order valence-corrected chi connectivity index (χ3v) is 8.42. The largest absolute Gasteiger partial charge is 0.416 e. The molecule has 2 aromatic carbocycles. The van der Waals surface area contributed by atoms with Crippen molar-refractivity contribution in [3.8, 4) is 21.8 Å². The highest BCUT2D eigenvalue weighted by atomic mass is 32.2. The van der Waals surface area contributed by atoms with Gasteiger partial charge < -0.3 is 0 Å². The molecule has 0 amide bonds. The zero-order chi connectivity index (χ0) is 27.3. The van der Waals surface area contributed by atoms with E-state index in [1.54, 1.807) is 30.5 Å². The maximum absolute atomic E-state index is 13.3. The minimum atomic E-state index is -5.03. The Labute approximate surface area is 215 Å². The van der Waals surface area contributed by atoms with Crippen LogP contribution in [0.3, 0.4) is 0 Å². The van der Waals surface area contributed by atoms with E-state index in [0.717, 1.165) is 11.3 Å². The van der Waals surface area contributed by atoms with E-state index in [4.69, 9.17) is 0 Å². The number of thiophene rings is 1. The van der Waals surface area contributed by atoms with E-state index in [1.165, 1.54) is 24.3 Å². The molecule has 0 spiro atoms. The van der Waals surface area contributed by atoms with Gasteiger partial charge in [-0.15, -0.1) is 11.3 Å². The first kappa shape index (κ1) is 25.7. The van der Waals surface area contributed by atoms with Gasteiger partial charge in [0.15, 0.2) is 0 Å². The average molecular weight is 569 g/mol. The Morgan fingerprint density at radius 1 is 0.842 bits per heavy atom. The van der Waals surface area contributed by atoms with Crippen LogP contribution in [0, 0.1) is 0 Å². The van der Waals surface area contributed by atoms with Crippen LogP contribution in [-0.4, -0.2) is 23.6 Å². The molecule has 0 aliphatic carbocycles. The fraction of sp³-hybridized carbons (Fsp3) is 0.0833. The number of halogens is 6. The summed E-state index contributed by atoms with van der Waals surface area (Å²) < 4.78 is 108. The first-order valence-electron chi connectivity index (χ1n) is 10.6. The maximum atomic E-state index is 13.3. The lowest BCUT2D eigenvalue weighted by molar-refractivity contribution is -0.143. The Hall–Kier alpha value is -3.91. The predicted molar refractivity (Wildman–Crippen MR) is 130 cm³/mol. The van der Waals surface area contributed by atoms with Gasteiger partial charge in [0.1, 0.15) is 9.90 Å². The van der Waals surface area contributed by atoms with E-state index in [9.17, 15) is 34.8 Å². The van der Waals surface area contributed by atoms with Crippen LogP contribution in [0.5, 0.6) is 0 Å². The van der Waals surface area contributed by atoms with Gasteiger partial charge in [-0.1, -0.05) is 6.07 Å². The number of nitrogens with zero attached hydrogens (tertiary/aromatic N) is 2. The summed E-state index contributed by atoms with van der Waals surface area (Å²) in [4.78, 5) is 4.80. The third kappa shape index (κ3) is 5.09. The summed E-state index contributed by atoms with van der Waals surface area (Å²) in [5.41, 5.74) is -2.71. The average Bonchev–Trinajstić information content (AvgIpc) is 3.51. The van der Waals surface area contributed by atoms with Crippen molar-refractivity contribution in [1.82, 2.24) is 15.2 Å². The van der Waals surface area contributed by atoms with Gasteiger partial charge in [0.05, 0.1) is 27.2 Å². The van der Waals surface area contributed by atoms with Crippen LogP contribution in [0.4, 0.5) is 32.0 Å². The number of fused-ring (bicyclic) bond motifs is 1. The van der Waals surface area contributed by atoms with Crippen molar-refractivity contribution in [2.24, 2.45) is 0 Å². The molecule has 0 aliphatic heterocycles. The highest BCUT2D eigenvalue weighted by Gasteiger charge is 2.37. The molecular weight excluding hydrogens is 554 g/mol. The van der Waals surface area contributed by atoms with Crippen molar-refractivity contribution in [1.29, 1.82) is 0 Å². The highest BCUT2D eigenvalue weighted by molar-refractivity contribution is 7.94. The Morgan fingerprint density at radius 2 is 1.55 bits per heavy atom. The van der Waals surface area contributed by atoms with Crippen molar-refractivity contribution in [3.05, 3.63) is 84.1 Å². The summed E-state index contributed by atoms with van der Waals surface area (Å²) in [6.07, 6.45) is -8.49. The molecule has 38 heavy (non-hydrogen) atoms. The Bertz CT molecular complexity index is 1710. The van der Waals surface area contributed by atoms with Crippen molar-refractivity contribution < 1.29 is 34.8 Å². The van der Waals surface area contributed by atoms with Gasteiger partial charge >= 0.3 is 12.4 Å². The smallest absolute Gasteiger partial charge is 0.279 e. The van der Waals surface area contributed by atoms with Gasteiger partial charge in [0.25, 0.3) is 10.0 Å².